The van der Waals surface area contributed by atoms with Crippen LogP contribution in [0, 0.1) is 11.8 Å². The highest BCUT2D eigenvalue weighted by atomic mass is 35.5. The molecule has 0 bridgehead atoms. The van der Waals surface area contributed by atoms with E-state index in [1.54, 1.807) is 0 Å². The summed E-state index contributed by atoms with van der Waals surface area (Å²) in [6.07, 6.45) is -4.57. The van der Waals surface area contributed by atoms with E-state index in [4.69, 9.17) is 17.3 Å². The van der Waals surface area contributed by atoms with Crippen molar-refractivity contribution < 1.29 is 18.0 Å². The van der Waals surface area contributed by atoms with Gasteiger partial charge in [-0.3, -0.25) is 4.79 Å². The molecule has 0 spiro atoms. The van der Waals surface area contributed by atoms with Gasteiger partial charge in [-0.2, -0.15) is 13.2 Å². The van der Waals surface area contributed by atoms with Crippen molar-refractivity contribution in [1.29, 1.82) is 0 Å². The third-order valence-corrected chi connectivity index (χ3v) is 3.26. The van der Waals surface area contributed by atoms with Crippen molar-refractivity contribution in [2.75, 3.05) is 11.9 Å². The van der Waals surface area contributed by atoms with Gasteiger partial charge in [0.15, 0.2) is 0 Å². The Labute approximate surface area is 120 Å². The predicted octanol–water partition coefficient (Wildman–Crippen LogP) is 3.53. The Kier molecular flexibility index (Phi) is 5.42. The average Bonchev–Trinajstić information content (AvgIpc) is 2.30. The van der Waals surface area contributed by atoms with Gasteiger partial charge < -0.3 is 11.1 Å². The van der Waals surface area contributed by atoms with Crippen LogP contribution >= 0.6 is 11.6 Å². The lowest BCUT2D eigenvalue weighted by molar-refractivity contribution is -0.137. The minimum atomic E-state index is -4.57. The highest BCUT2D eigenvalue weighted by molar-refractivity contribution is 6.31. The molecule has 0 aliphatic heterocycles. The molecule has 0 saturated carbocycles. The van der Waals surface area contributed by atoms with Crippen molar-refractivity contribution in [2.45, 2.75) is 20.0 Å². The summed E-state index contributed by atoms with van der Waals surface area (Å²) in [6, 6.07) is 3.24. The largest absolute Gasteiger partial charge is 0.417 e. The van der Waals surface area contributed by atoms with Gasteiger partial charge in [0.05, 0.1) is 16.5 Å². The zero-order valence-electron chi connectivity index (χ0n) is 11.1. The molecule has 1 aromatic rings. The lowest BCUT2D eigenvalue weighted by atomic mass is 9.95. The molecule has 0 fully saturated rings. The van der Waals surface area contributed by atoms with Gasteiger partial charge in [0, 0.05) is 12.2 Å². The molecule has 3 nitrogen and oxygen atoms in total. The predicted molar refractivity (Wildman–Crippen MR) is 72.5 cm³/mol. The van der Waals surface area contributed by atoms with Crippen LogP contribution in [0.25, 0.3) is 0 Å². The fourth-order valence-corrected chi connectivity index (χ4v) is 1.96. The molecular formula is C13H16ClF3N2O. The van der Waals surface area contributed by atoms with Gasteiger partial charge in [-0.1, -0.05) is 25.4 Å². The summed E-state index contributed by atoms with van der Waals surface area (Å²) in [5.74, 6) is -0.868. The topological polar surface area (TPSA) is 55.1 Å². The maximum absolute atomic E-state index is 12.7. The van der Waals surface area contributed by atoms with E-state index in [9.17, 15) is 18.0 Å². The molecule has 3 N–H and O–H groups in total. The highest BCUT2D eigenvalue weighted by Crippen LogP contribution is 2.36. The SMILES string of the molecule is CC(C)C(CN)C(=O)Nc1ccc(Cl)c(C(F)(F)F)c1. The van der Waals surface area contributed by atoms with Gasteiger partial charge in [0.1, 0.15) is 0 Å². The van der Waals surface area contributed by atoms with Crippen molar-refractivity contribution in [3.8, 4) is 0 Å². The molecule has 7 heteroatoms. The standard InChI is InChI=1S/C13H16ClF3N2O/c1-7(2)9(6-18)12(20)19-8-3-4-11(14)10(5-8)13(15,16)17/h3-5,7,9H,6,18H2,1-2H3,(H,19,20). The first-order valence-corrected chi connectivity index (χ1v) is 6.42. The number of nitrogens with two attached hydrogens (primary N) is 1. The Balaban J connectivity index is 2.97. The van der Waals surface area contributed by atoms with Crippen LogP contribution in [0.3, 0.4) is 0 Å². The van der Waals surface area contributed by atoms with Gasteiger partial charge in [0.25, 0.3) is 0 Å². The van der Waals surface area contributed by atoms with Gasteiger partial charge >= 0.3 is 6.18 Å². The smallest absolute Gasteiger partial charge is 0.330 e. The monoisotopic (exact) mass is 308 g/mol. The Bertz CT molecular complexity index is 489. The number of halogens is 4. The molecule has 1 unspecified atom stereocenters. The number of carbonyl (C=O) groups is 1. The molecule has 1 atom stereocenters. The van der Waals surface area contributed by atoms with Crippen molar-refractivity contribution in [2.24, 2.45) is 17.6 Å². The molecular weight excluding hydrogens is 293 g/mol. The number of hydrogen-bond donors (Lipinski definition) is 2. The Morgan fingerprint density at radius 3 is 2.45 bits per heavy atom. The Hall–Kier alpha value is -1.27. The maximum Gasteiger partial charge on any atom is 0.417 e. The van der Waals surface area contributed by atoms with E-state index in [1.165, 1.54) is 6.07 Å². The first-order valence-electron chi connectivity index (χ1n) is 6.04. The number of rotatable bonds is 4. The van der Waals surface area contributed by atoms with E-state index in [0.717, 1.165) is 12.1 Å². The van der Waals surface area contributed by atoms with Crippen molar-refractivity contribution in [1.82, 2.24) is 0 Å². The van der Waals surface area contributed by atoms with Gasteiger partial charge in [-0.25, -0.2) is 0 Å². The molecule has 0 aliphatic carbocycles. The Morgan fingerprint density at radius 1 is 1.40 bits per heavy atom. The molecule has 20 heavy (non-hydrogen) atoms. The van der Waals surface area contributed by atoms with Gasteiger partial charge in [-0.05, 0) is 24.1 Å². The summed E-state index contributed by atoms with van der Waals surface area (Å²) >= 11 is 5.50. The van der Waals surface area contributed by atoms with Gasteiger partial charge in [0.2, 0.25) is 5.91 Å². The fourth-order valence-electron chi connectivity index (χ4n) is 1.74. The van der Waals surface area contributed by atoms with Crippen LogP contribution in [0.5, 0.6) is 0 Å². The van der Waals surface area contributed by atoms with E-state index >= 15 is 0 Å². The van der Waals surface area contributed by atoms with Crippen LogP contribution in [0.15, 0.2) is 18.2 Å². The molecule has 0 radical (unpaired) electrons. The van der Waals surface area contributed by atoms with Crippen LogP contribution in [-0.4, -0.2) is 12.5 Å². The van der Waals surface area contributed by atoms with E-state index in [-0.39, 0.29) is 18.2 Å². The summed E-state index contributed by atoms with van der Waals surface area (Å²) in [5, 5.41) is 2.03. The number of benzene rings is 1. The fraction of sp³-hybridized carbons (Fsp3) is 0.462. The second kappa shape index (κ2) is 6.45. The highest BCUT2D eigenvalue weighted by Gasteiger charge is 2.33. The van der Waals surface area contributed by atoms with Crippen LogP contribution < -0.4 is 11.1 Å². The lowest BCUT2D eigenvalue weighted by Crippen LogP contribution is -2.33. The van der Waals surface area contributed by atoms with Crippen LogP contribution in [-0.2, 0) is 11.0 Å². The van der Waals surface area contributed by atoms with Crippen molar-refractivity contribution >= 4 is 23.2 Å². The minimum absolute atomic E-state index is 0.00520. The van der Waals surface area contributed by atoms with E-state index in [0.29, 0.717) is 0 Å². The molecule has 0 heterocycles. The number of alkyl halides is 3. The third-order valence-electron chi connectivity index (χ3n) is 2.93. The average molecular weight is 309 g/mol. The number of anilines is 1. The maximum atomic E-state index is 12.7. The number of nitrogens with one attached hydrogen (secondary N) is 1. The molecule has 1 aromatic carbocycles. The van der Waals surface area contributed by atoms with E-state index in [1.807, 2.05) is 13.8 Å². The normalized spacial score (nSPS) is 13.4. The molecule has 112 valence electrons. The van der Waals surface area contributed by atoms with E-state index < -0.39 is 28.6 Å². The first-order chi connectivity index (χ1) is 9.16. The molecule has 0 saturated heterocycles. The van der Waals surface area contributed by atoms with Crippen LogP contribution in [0.1, 0.15) is 19.4 Å². The van der Waals surface area contributed by atoms with E-state index in [2.05, 4.69) is 5.32 Å². The molecule has 0 aliphatic rings. The number of amides is 1. The zero-order valence-corrected chi connectivity index (χ0v) is 11.8. The van der Waals surface area contributed by atoms with Gasteiger partial charge in [-0.15, -0.1) is 0 Å². The minimum Gasteiger partial charge on any atom is -0.330 e. The third kappa shape index (κ3) is 4.11. The van der Waals surface area contributed by atoms with Crippen molar-refractivity contribution in [3.05, 3.63) is 28.8 Å². The summed E-state index contributed by atoms with van der Waals surface area (Å²) in [6.45, 7) is 3.77. The quantitative estimate of drug-likeness (QED) is 0.894. The lowest BCUT2D eigenvalue weighted by Gasteiger charge is -2.19. The summed E-state index contributed by atoms with van der Waals surface area (Å²) in [7, 11) is 0. The molecule has 0 aromatic heterocycles. The Morgan fingerprint density at radius 2 is 2.00 bits per heavy atom. The summed E-state index contributed by atoms with van der Waals surface area (Å²) in [5.41, 5.74) is 4.56. The second-order valence-corrected chi connectivity index (χ2v) is 5.18. The summed E-state index contributed by atoms with van der Waals surface area (Å²) < 4.78 is 38.1. The molecule has 1 rings (SSSR count). The molecule has 1 amide bonds. The zero-order chi connectivity index (χ0) is 15.5. The van der Waals surface area contributed by atoms with Crippen LogP contribution in [0.4, 0.5) is 18.9 Å². The van der Waals surface area contributed by atoms with Crippen LogP contribution in [0.2, 0.25) is 5.02 Å². The summed E-state index contributed by atoms with van der Waals surface area (Å²) in [4.78, 5) is 11.9. The number of carbonyl (C=O) groups excluding carboxylic acids is 1. The second-order valence-electron chi connectivity index (χ2n) is 4.77. The van der Waals surface area contributed by atoms with Crippen molar-refractivity contribution in [3.63, 3.8) is 0 Å². The number of hydrogen-bond acceptors (Lipinski definition) is 2. The first kappa shape index (κ1) is 16.8.